The predicted octanol–water partition coefficient (Wildman–Crippen LogP) is 3.18. The zero-order valence-electron chi connectivity index (χ0n) is 12.6. The Kier molecular flexibility index (Phi) is 3.74. The predicted molar refractivity (Wildman–Crippen MR) is 90.3 cm³/mol. The van der Waals surface area contributed by atoms with E-state index in [0.717, 1.165) is 44.3 Å². The smallest absolute Gasteiger partial charge is 0.223 e. The average Bonchev–Trinajstić information content (AvgIpc) is 2.93. The molecule has 2 fully saturated rings. The first kappa shape index (κ1) is 14.0. The highest BCUT2D eigenvalue weighted by molar-refractivity contribution is 7.17. The van der Waals surface area contributed by atoms with E-state index in [1.54, 1.807) is 11.3 Å². The Morgan fingerprint density at radius 3 is 3.00 bits per heavy atom. The Hall–Kier alpha value is -1.62. The SMILES string of the molecule is O=C(NC1CCCN(c2ccnc3ccsc23)C1)C1CCC1. The van der Waals surface area contributed by atoms with Gasteiger partial charge in [0.15, 0.2) is 0 Å². The molecular weight excluding hydrogens is 294 g/mol. The molecule has 1 saturated heterocycles. The molecule has 2 aromatic heterocycles. The summed E-state index contributed by atoms with van der Waals surface area (Å²) in [5.41, 5.74) is 2.34. The van der Waals surface area contributed by atoms with Gasteiger partial charge in [0.1, 0.15) is 0 Å². The van der Waals surface area contributed by atoms with E-state index in [1.807, 2.05) is 6.20 Å². The van der Waals surface area contributed by atoms with Crippen molar-refractivity contribution in [1.82, 2.24) is 10.3 Å². The van der Waals surface area contributed by atoms with E-state index in [9.17, 15) is 4.79 Å². The summed E-state index contributed by atoms with van der Waals surface area (Å²) in [4.78, 5) is 19.0. The standard InChI is InChI=1S/C17H21N3OS/c21-17(12-3-1-4-12)19-13-5-2-9-20(11-13)15-6-8-18-14-7-10-22-16(14)15/h6-8,10,12-13H,1-5,9,11H2,(H,19,21). The Bertz CT molecular complexity index is 679. The van der Waals surface area contributed by atoms with Crippen LogP contribution in [0.4, 0.5) is 5.69 Å². The minimum absolute atomic E-state index is 0.272. The number of hydrogen-bond acceptors (Lipinski definition) is 4. The van der Waals surface area contributed by atoms with Crippen molar-refractivity contribution in [3.8, 4) is 0 Å². The lowest BCUT2D eigenvalue weighted by molar-refractivity contribution is -0.128. The van der Waals surface area contributed by atoms with Gasteiger partial charge in [0.05, 0.1) is 15.9 Å². The minimum Gasteiger partial charge on any atom is -0.368 e. The van der Waals surface area contributed by atoms with Crippen molar-refractivity contribution in [2.75, 3.05) is 18.0 Å². The summed E-state index contributed by atoms with van der Waals surface area (Å²) >= 11 is 1.75. The quantitative estimate of drug-likeness (QED) is 0.946. The first-order valence-electron chi connectivity index (χ1n) is 8.19. The molecule has 1 saturated carbocycles. The molecule has 2 aromatic rings. The van der Waals surface area contributed by atoms with Crippen LogP contribution in [0.15, 0.2) is 23.7 Å². The first-order chi connectivity index (χ1) is 10.8. The molecule has 4 rings (SSSR count). The molecule has 1 aliphatic carbocycles. The molecule has 1 unspecified atom stereocenters. The molecule has 1 atom stereocenters. The number of thiophene rings is 1. The van der Waals surface area contributed by atoms with Crippen molar-refractivity contribution in [3.05, 3.63) is 23.7 Å². The van der Waals surface area contributed by atoms with E-state index in [-0.39, 0.29) is 17.9 Å². The van der Waals surface area contributed by atoms with Crippen LogP contribution in [-0.4, -0.2) is 30.0 Å². The minimum atomic E-state index is 0.272. The summed E-state index contributed by atoms with van der Waals surface area (Å²) in [7, 11) is 0. The average molecular weight is 315 g/mol. The lowest BCUT2D eigenvalue weighted by Crippen LogP contribution is -2.50. The van der Waals surface area contributed by atoms with Crippen LogP contribution in [0, 0.1) is 5.92 Å². The molecule has 0 spiro atoms. The van der Waals surface area contributed by atoms with Gasteiger partial charge in [-0.2, -0.15) is 0 Å². The third kappa shape index (κ3) is 2.58. The van der Waals surface area contributed by atoms with E-state index in [0.29, 0.717) is 0 Å². The van der Waals surface area contributed by atoms with Crippen molar-refractivity contribution in [2.24, 2.45) is 5.92 Å². The molecule has 1 N–H and O–H groups in total. The number of hydrogen-bond donors (Lipinski definition) is 1. The van der Waals surface area contributed by atoms with Crippen LogP contribution in [0.1, 0.15) is 32.1 Å². The molecule has 0 aromatic carbocycles. The van der Waals surface area contributed by atoms with E-state index < -0.39 is 0 Å². The van der Waals surface area contributed by atoms with Gasteiger partial charge in [0.25, 0.3) is 0 Å². The molecule has 1 aliphatic heterocycles. The number of rotatable bonds is 3. The highest BCUT2D eigenvalue weighted by atomic mass is 32.1. The highest BCUT2D eigenvalue weighted by Gasteiger charge is 2.29. The Labute approximate surface area is 134 Å². The third-order valence-electron chi connectivity index (χ3n) is 4.91. The summed E-state index contributed by atoms with van der Waals surface area (Å²) in [6.07, 6.45) is 7.46. The normalized spacial score (nSPS) is 22.5. The van der Waals surface area contributed by atoms with Gasteiger partial charge in [-0.1, -0.05) is 6.42 Å². The Morgan fingerprint density at radius 1 is 1.27 bits per heavy atom. The van der Waals surface area contributed by atoms with Crippen LogP contribution in [0.5, 0.6) is 0 Å². The molecule has 1 amide bonds. The number of carbonyl (C=O) groups excluding carboxylic acids is 1. The summed E-state index contributed by atoms with van der Waals surface area (Å²) in [6, 6.07) is 4.46. The third-order valence-corrected chi connectivity index (χ3v) is 5.83. The van der Waals surface area contributed by atoms with Gasteiger partial charge < -0.3 is 10.2 Å². The second-order valence-corrected chi connectivity index (χ2v) is 7.30. The van der Waals surface area contributed by atoms with Crippen molar-refractivity contribution >= 4 is 33.1 Å². The van der Waals surface area contributed by atoms with Gasteiger partial charge in [-0.15, -0.1) is 11.3 Å². The number of carbonyl (C=O) groups is 1. The fourth-order valence-corrected chi connectivity index (χ4v) is 4.30. The van der Waals surface area contributed by atoms with Gasteiger partial charge in [0.2, 0.25) is 5.91 Å². The maximum absolute atomic E-state index is 12.2. The molecule has 3 heterocycles. The molecule has 22 heavy (non-hydrogen) atoms. The number of piperidine rings is 1. The molecule has 0 radical (unpaired) electrons. The summed E-state index contributed by atoms with van der Waals surface area (Å²) in [6.45, 7) is 1.97. The zero-order valence-corrected chi connectivity index (χ0v) is 13.4. The van der Waals surface area contributed by atoms with Crippen LogP contribution in [0.25, 0.3) is 10.2 Å². The van der Waals surface area contributed by atoms with Gasteiger partial charge in [-0.05, 0) is 43.2 Å². The summed E-state index contributed by atoms with van der Waals surface area (Å²) < 4.78 is 1.26. The molecule has 116 valence electrons. The fourth-order valence-electron chi connectivity index (χ4n) is 3.41. The first-order valence-corrected chi connectivity index (χ1v) is 9.07. The molecule has 2 aliphatic rings. The largest absolute Gasteiger partial charge is 0.368 e. The van der Waals surface area contributed by atoms with Gasteiger partial charge in [-0.25, -0.2) is 0 Å². The number of amides is 1. The molecule has 5 heteroatoms. The number of aromatic nitrogens is 1. The number of nitrogens with zero attached hydrogens (tertiary/aromatic N) is 2. The number of anilines is 1. The molecule has 4 nitrogen and oxygen atoms in total. The Balaban J connectivity index is 1.48. The maximum Gasteiger partial charge on any atom is 0.223 e. The van der Waals surface area contributed by atoms with E-state index in [1.165, 1.54) is 16.8 Å². The van der Waals surface area contributed by atoms with Gasteiger partial charge >= 0.3 is 0 Å². The van der Waals surface area contributed by atoms with Crippen LogP contribution >= 0.6 is 11.3 Å². The van der Waals surface area contributed by atoms with Crippen LogP contribution in [0.3, 0.4) is 0 Å². The lowest BCUT2D eigenvalue weighted by atomic mass is 9.84. The fraction of sp³-hybridized carbons (Fsp3) is 0.529. The van der Waals surface area contributed by atoms with Crippen molar-refractivity contribution < 1.29 is 4.79 Å². The van der Waals surface area contributed by atoms with E-state index in [2.05, 4.69) is 32.7 Å². The monoisotopic (exact) mass is 315 g/mol. The van der Waals surface area contributed by atoms with Crippen molar-refractivity contribution in [2.45, 2.75) is 38.1 Å². The zero-order chi connectivity index (χ0) is 14.9. The van der Waals surface area contributed by atoms with E-state index >= 15 is 0 Å². The van der Waals surface area contributed by atoms with Gasteiger partial charge in [-0.3, -0.25) is 9.78 Å². The summed E-state index contributed by atoms with van der Waals surface area (Å²) in [5.74, 6) is 0.550. The topological polar surface area (TPSA) is 45.2 Å². The number of fused-ring (bicyclic) bond motifs is 1. The van der Waals surface area contributed by atoms with Crippen molar-refractivity contribution in [1.29, 1.82) is 0 Å². The summed E-state index contributed by atoms with van der Waals surface area (Å²) in [5, 5.41) is 5.37. The van der Waals surface area contributed by atoms with Crippen molar-refractivity contribution in [3.63, 3.8) is 0 Å². The lowest BCUT2D eigenvalue weighted by Gasteiger charge is -2.36. The second-order valence-electron chi connectivity index (χ2n) is 6.39. The second kappa shape index (κ2) is 5.88. The Morgan fingerprint density at radius 2 is 2.18 bits per heavy atom. The molecular formula is C17H21N3OS. The van der Waals surface area contributed by atoms with E-state index in [4.69, 9.17) is 0 Å². The van der Waals surface area contributed by atoms with Gasteiger partial charge in [0, 0.05) is 31.2 Å². The number of pyridine rings is 1. The van der Waals surface area contributed by atoms with Crippen LogP contribution < -0.4 is 10.2 Å². The molecule has 0 bridgehead atoms. The van der Waals surface area contributed by atoms with Crippen LogP contribution in [0.2, 0.25) is 0 Å². The maximum atomic E-state index is 12.2. The number of nitrogens with one attached hydrogen (secondary N) is 1. The van der Waals surface area contributed by atoms with Crippen LogP contribution in [-0.2, 0) is 4.79 Å². The highest BCUT2D eigenvalue weighted by Crippen LogP contribution is 2.32.